The molecule has 34 heavy (non-hydrogen) atoms. The molecule has 1 aliphatic carbocycles. The van der Waals surface area contributed by atoms with Crippen molar-refractivity contribution in [2.24, 2.45) is 5.92 Å². The number of imidazole rings is 1. The fourth-order valence-corrected chi connectivity index (χ4v) is 5.12. The van der Waals surface area contributed by atoms with E-state index < -0.39 is 0 Å². The normalized spacial score (nSPS) is 20.7. The van der Waals surface area contributed by atoms with Crippen molar-refractivity contribution in [3.8, 4) is 17.3 Å². The zero-order chi connectivity index (χ0) is 23.1. The van der Waals surface area contributed by atoms with Crippen molar-refractivity contribution >= 4 is 28.2 Å². The highest BCUT2D eigenvalue weighted by Gasteiger charge is 2.28. The van der Waals surface area contributed by atoms with Crippen LogP contribution in [0, 0.1) is 5.92 Å². The number of carbonyl (C=O) groups is 1. The van der Waals surface area contributed by atoms with Gasteiger partial charge in [0.15, 0.2) is 11.4 Å². The maximum Gasteiger partial charge on any atom is 0.231 e. The minimum atomic E-state index is 0.265. The molecule has 4 aromatic rings. The average molecular weight is 462 g/mol. The minimum absolute atomic E-state index is 0.265. The van der Waals surface area contributed by atoms with E-state index in [1.54, 1.807) is 24.0 Å². The first-order valence-electron chi connectivity index (χ1n) is 11.8. The lowest BCUT2D eigenvalue weighted by Crippen LogP contribution is -2.33. The van der Waals surface area contributed by atoms with Crippen LogP contribution < -0.4 is 9.64 Å². The van der Waals surface area contributed by atoms with Crippen molar-refractivity contribution in [2.45, 2.75) is 38.1 Å². The number of methoxy groups -OCH3 is 1. The molecule has 0 unspecified atom stereocenters. The van der Waals surface area contributed by atoms with Crippen LogP contribution in [0.15, 0.2) is 41.1 Å². The Labute approximate surface area is 196 Å². The van der Waals surface area contributed by atoms with Crippen molar-refractivity contribution in [3.05, 3.63) is 36.7 Å². The van der Waals surface area contributed by atoms with E-state index in [0.717, 1.165) is 48.3 Å². The van der Waals surface area contributed by atoms with Crippen molar-refractivity contribution in [3.63, 3.8) is 0 Å². The Bertz CT molecular complexity index is 1350. The SMILES string of the molecule is COC[C@H]1CCCN1c1nccc2oc(-c3cnc4ccc(OC[C@H]5CCC(=O)C5)nn34)cc12. The van der Waals surface area contributed by atoms with Crippen LogP contribution in [-0.4, -0.2) is 58.3 Å². The van der Waals surface area contributed by atoms with Crippen molar-refractivity contribution in [1.82, 2.24) is 19.6 Å². The topological polar surface area (TPSA) is 95.0 Å². The molecule has 0 amide bonds. The first-order chi connectivity index (χ1) is 16.7. The van der Waals surface area contributed by atoms with E-state index in [1.165, 1.54) is 0 Å². The van der Waals surface area contributed by atoms with Gasteiger partial charge in [-0.1, -0.05) is 0 Å². The second-order valence-electron chi connectivity index (χ2n) is 9.15. The number of ether oxygens (including phenoxy) is 2. The number of ketones is 1. The molecular weight excluding hydrogens is 434 g/mol. The van der Waals surface area contributed by atoms with Gasteiger partial charge in [-0.05, 0) is 37.5 Å². The maximum absolute atomic E-state index is 11.5. The summed E-state index contributed by atoms with van der Waals surface area (Å²) >= 11 is 0. The molecule has 176 valence electrons. The van der Waals surface area contributed by atoms with Crippen molar-refractivity contribution < 1.29 is 18.7 Å². The van der Waals surface area contributed by atoms with Gasteiger partial charge in [-0.15, -0.1) is 5.10 Å². The number of hydrogen-bond acceptors (Lipinski definition) is 8. The highest BCUT2D eigenvalue weighted by Crippen LogP contribution is 2.35. The van der Waals surface area contributed by atoms with Gasteiger partial charge in [-0.25, -0.2) is 14.5 Å². The zero-order valence-corrected chi connectivity index (χ0v) is 19.1. The Kier molecular flexibility index (Phi) is 5.41. The van der Waals surface area contributed by atoms with E-state index in [0.29, 0.717) is 55.2 Å². The van der Waals surface area contributed by atoms with Gasteiger partial charge in [0, 0.05) is 44.7 Å². The molecule has 9 nitrogen and oxygen atoms in total. The minimum Gasteiger partial charge on any atom is -0.476 e. The molecule has 2 atom stereocenters. The summed E-state index contributed by atoms with van der Waals surface area (Å²) in [4.78, 5) is 23.0. The number of hydrogen-bond donors (Lipinski definition) is 0. The second kappa shape index (κ2) is 8.72. The van der Waals surface area contributed by atoms with Crippen LogP contribution >= 0.6 is 0 Å². The van der Waals surface area contributed by atoms with Crippen molar-refractivity contribution in [2.75, 3.05) is 31.8 Å². The monoisotopic (exact) mass is 461 g/mol. The molecule has 5 heterocycles. The molecule has 0 aromatic carbocycles. The largest absolute Gasteiger partial charge is 0.476 e. The number of rotatable bonds is 7. The lowest BCUT2D eigenvalue weighted by molar-refractivity contribution is -0.117. The molecular formula is C25H27N5O4. The van der Waals surface area contributed by atoms with Gasteiger partial charge in [-0.3, -0.25) is 4.79 Å². The smallest absolute Gasteiger partial charge is 0.231 e. The third kappa shape index (κ3) is 3.79. The van der Waals surface area contributed by atoms with Gasteiger partial charge >= 0.3 is 0 Å². The number of fused-ring (bicyclic) bond motifs is 2. The highest BCUT2D eigenvalue weighted by atomic mass is 16.5. The quantitative estimate of drug-likeness (QED) is 0.409. The van der Waals surface area contributed by atoms with E-state index in [2.05, 4.69) is 20.0 Å². The van der Waals surface area contributed by atoms with Crippen LogP contribution in [0.25, 0.3) is 28.1 Å². The maximum atomic E-state index is 11.5. The van der Waals surface area contributed by atoms with E-state index in [-0.39, 0.29) is 5.92 Å². The summed E-state index contributed by atoms with van der Waals surface area (Å²) in [6.07, 6.45) is 7.89. The van der Waals surface area contributed by atoms with E-state index in [9.17, 15) is 4.79 Å². The molecule has 6 rings (SSSR count). The first-order valence-corrected chi connectivity index (χ1v) is 11.8. The van der Waals surface area contributed by atoms with Gasteiger partial charge in [0.25, 0.3) is 0 Å². The summed E-state index contributed by atoms with van der Waals surface area (Å²) in [7, 11) is 1.74. The van der Waals surface area contributed by atoms with Crippen LogP contribution in [0.1, 0.15) is 32.1 Å². The van der Waals surface area contributed by atoms with Gasteiger partial charge in [-0.2, -0.15) is 0 Å². The Morgan fingerprint density at radius 3 is 2.97 bits per heavy atom. The molecule has 0 radical (unpaired) electrons. The number of furan rings is 1. The van der Waals surface area contributed by atoms with Crippen LogP contribution in [0.2, 0.25) is 0 Å². The zero-order valence-electron chi connectivity index (χ0n) is 19.1. The summed E-state index contributed by atoms with van der Waals surface area (Å²) in [5, 5.41) is 5.61. The molecule has 2 aliphatic rings. The van der Waals surface area contributed by atoms with Crippen LogP contribution in [0.5, 0.6) is 5.88 Å². The van der Waals surface area contributed by atoms with Crippen molar-refractivity contribution in [1.29, 1.82) is 0 Å². The van der Waals surface area contributed by atoms with Crippen LogP contribution in [0.3, 0.4) is 0 Å². The fourth-order valence-electron chi connectivity index (χ4n) is 5.12. The van der Waals surface area contributed by atoms with Crippen LogP contribution in [0.4, 0.5) is 5.82 Å². The number of aromatic nitrogens is 4. The molecule has 4 aromatic heterocycles. The highest BCUT2D eigenvalue weighted by molar-refractivity contribution is 5.92. The second-order valence-corrected chi connectivity index (χ2v) is 9.15. The molecule has 0 N–H and O–H groups in total. The standard InChI is InChI=1S/C25H27N5O4/c1-32-15-17-3-2-10-29(17)25-19-12-22(34-21(19)8-9-26-25)20-13-27-23-6-7-24(28-30(20)23)33-14-16-4-5-18(31)11-16/h6-9,12-13,16-17H,2-5,10-11,14-15H2,1H3/t16-,17+/m0/s1. The predicted molar refractivity (Wildman–Crippen MR) is 126 cm³/mol. The first kappa shape index (κ1) is 21.1. The average Bonchev–Trinajstić information content (AvgIpc) is 3.63. The Balaban J connectivity index is 1.31. The molecule has 9 heteroatoms. The van der Waals surface area contributed by atoms with Gasteiger partial charge in [0.2, 0.25) is 5.88 Å². The third-order valence-electron chi connectivity index (χ3n) is 6.84. The Morgan fingerprint density at radius 1 is 1.18 bits per heavy atom. The predicted octanol–water partition coefficient (Wildman–Crippen LogP) is 3.90. The van der Waals surface area contributed by atoms with Gasteiger partial charge < -0.3 is 18.8 Å². The molecule has 1 saturated carbocycles. The molecule has 1 saturated heterocycles. The summed E-state index contributed by atoms with van der Waals surface area (Å²) in [6.45, 7) is 2.12. The molecule has 0 spiro atoms. The number of pyridine rings is 1. The lowest BCUT2D eigenvalue weighted by atomic mass is 10.1. The van der Waals surface area contributed by atoms with E-state index in [4.69, 9.17) is 13.9 Å². The summed E-state index contributed by atoms with van der Waals surface area (Å²) < 4.78 is 19.3. The molecule has 0 bridgehead atoms. The number of nitrogens with zero attached hydrogens (tertiary/aromatic N) is 5. The molecule has 1 aliphatic heterocycles. The summed E-state index contributed by atoms with van der Waals surface area (Å²) in [5.74, 6) is 2.68. The number of anilines is 1. The third-order valence-corrected chi connectivity index (χ3v) is 6.84. The van der Waals surface area contributed by atoms with E-state index in [1.807, 2.05) is 24.3 Å². The van der Waals surface area contributed by atoms with Gasteiger partial charge in [0.1, 0.15) is 22.9 Å². The van der Waals surface area contributed by atoms with Gasteiger partial charge in [0.05, 0.1) is 30.8 Å². The summed E-state index contributed by atoms with van der Waals surface area (Å²) in [5.41, 5.74) is 2.22. The van der Waals surface area contributed by atoms with Crippen LogP contribution in [-0.2, 0) is 9.53 Å². The Morgan fingerprint density at radius 2 is 2.12 bits per heavy atom. The molecule has 2 fully saturated rings. The Hall–Kier alpha value is -3.46. The number of Topliss-reactive ketones (excluding diaryl/α,β-unsaturated/α-hetero) is 1. The fraction of sp³-hybridized carbons (Fsp3) is 0.440. The summed E-state index contributed by atoms with van der Waals surface area (Å²) in [6, 6.07) is 7.91. The van der Waals surface area contributed by atoms with E-state index >= 15 is 0 Å². The number of carbonyl (C=O) groups excluding carboxylic acids is 1. The lowest BCUT2D eigenvalue weighted by Gasteiger charge is -2.25.